The lowest BCUT2D eigenvalue weighted by molar-refractivity contribution is 0.0955. The Kier molecular flexibility index (Phi) is 3.74. The maximum atomic E-state index is 11.8. The molecule has 18 heavy (non-hydrogen) atoms. The monoisotopic (exact) mass is 282 g/mol. The van der Waals surface area contributed by atoms with Gasteiger partial charge in [-0.05, 0) is 29.6 Å². The van der Waals surface area contributed by atoms with Gasteiger partial charge in [0.15, 0.2) is 0 Å². The number of nitrogens with one attached hydrogen (secondary N) is 1. The highest BCUT2D eigenvalue weighted by Crippen LogP contribution is 2.23. The number of nitrogens with two attached hydrogens (primary N) is 1. The molecule has 0 fully saturated rings. The summed E-state index contributed by atoms with van der Waals surface area (Å²) in [6.07, 6.45) is 0. The number of hydrogen-bond donors (Lipinski definition) is 3. The summed E-state index contributed by atoms with van der Waals surface area (Å²) in [5.41, 5.74) is 6.71. The van der Waals surface area contributed by atoms with E-state index in [0.717, 1.165) is 0 Å². The Hall–Kier alpha value is -1.72. The molecule has 1 heterocycles. The zero-order valence-electron chi connectivity index (χ0n) is 9.31. The fraction of sp³-hybridized carbons (Fsp3) is 0.0833. The van der Waals surface area contributed by atoms with Crippen molar-refractivity contribution in [2.24, 2.45) is 0 Å². The van der Waals surface area contributed by atoms with Crippen LogP contribution in [0.3, 0.4) is 0 Å². The van der Waals surface area contributed by atoms with Crippen LogP contribution in [0.5, 0.6) is 5.75 Å². The Morgan fingerprint density at radius 1 is 1.44 bits per heavy atom. The molecule has 4 nitrogen and oxygen atoms in total. The first kappa shape index (κ1) is 12.7. The Labute approximate surface area is 113 Å². The first-order valence-corrected chi connectivity index (χ1v) is 6.42. The zero-order valence-corrected chi connectivity index (χ0v) is 10.9. The molecule has 0 spiro atoms. The summed E-state index contributed by atoms with van der Waals surface area (Å²) in [5.74, 6) is -0.168. The SMILES string of the molecule is Nc1ccc(O)c(CNC(=O)c2sccc2Cl)c1. The average molecular weight is 283 g/mol. The molecule has 0 unspecified atom stereocenters. The lowest BCUT2D eigenvalue weighted by atomic mass is 10.2. The maximum absolute atomic E-state index is 11.8. The van der Waals surface area contributed by atoms with E-state index in [0.29, 0.717) is 21.2 Å². The highest BCUT2D eigenvalue weighted by molar-refractivity contribution is 7.12. The molecule has 0 radical (unpaired) electrons. The number of carbonyl (C=O) groups is 1. The normalized spacial score (nSPS) is 10.3. The van der Waals surface area contributed by atoms with E-state index in [-0.39, 0.29) is 18.2 Å². The van der Waals surface area contributed by atoms with Crippen LogP contribution < -0.4 is 11.1 Å². The van der Waals surface area contributed by atoms with Crippen LogP contribution in [0.15, 0.2) is 29.6 Å². The summed E-state index contributed by atoms with van der Waals surface area (Å²) < 4.78 is 0. The number of carbonyl (C=O) groups excluding carboxylic acids is 1. The molecule has 2 rings (SSSR count). The Balaban J connectivity index is 2.06. The second-order valence-electron chi connectivity index (χ2n) is 3.67. The molecule has 0 saturated carbocycles. The highest BCUT2D eigenvalue weighted by atomic mass is 35.5. The van der Waals surface area contributed by atoms with E-state index in [4.69, 9.17) is 17.3 Å². The van der Waals surface area contributed by atoms with E-state index >= 15 is 0 Å². The number of thiophene rings is 1. The number of rotatable bonds is 3. The van der Waals surface area contributed by atoms with Gasteiger partial charge >= 0.3 is 0 Å². The van der Waals surface area contributed by atoms with Crippen molar-refractivity contribution >= 4 is 34.5 Å². The third-order valence-electron chi connectivity index (χ3n) is 2.37. The standard InChI is InChI=1S/C12H11ClN2O2S/c13-9-3-4-18-11(9)12(17)15-6-7-5-8(14)1-2-10(7)16/h1-5,16H,6,14H2,(H,15,17). The number of hydrogen-bond acceptors (Lipinski definition) is 4. The lowest BCUT2D eigenvalue weighted by Gasteiger charge is -2.07. The molecule has 0 aliphatic heterocycles. The van der Waals surface area contributed by atoms with Crippen LogP contribution in [-0.4, -0.2) is 11.0 Å². The molecule has 2 aromatic rings. The number of aromatic hydroxyl groups is 1. The fourth-order valence-electron chi connectivity index (χ4n) is 1.46. The topological polar surface area (TPSA) is 75.3 Å². The molecule has 1 aromatic heterocycles. The molecule has 94 valence electrons. The van der Waals surface area contributed by atoms with Gasteiger partial charge in [0, 0.05) is 17.8 Å². The van der Waals surface area contributed by atoms with Crippen LogP contribution in [0, 0.1) is 0 Å². The summed E-state index contributed by atoms with van der Waals surface area (Å²) in [4.78, 5) is 12.3. The number of nitrogen functional groups attached to an aromatic ring is 1. The van der Waals surface area contributed by atoms with E-state index in [9.17, 15) is 9.90 Å². The van der Waals surface area contributed by atoms with E-state index in [1.165, 1.54) is 17.4 Å². The quantitative estimate of drug-likeness (QED) is 0.598. The van der Waals surface area contributed by atoms with Gasteiger partial charge in [-0.15, -0.1) is 11.3 Å². The summed E-state index contributed by atoms with van der Waals surface area (Å²) in [6.45, 7) is 0.198. The zero-order chi connectivity index (χ0) is 13.1. The largest absolute Gasteiger partial charge is 0.508 e. The Morgan fingerprint density at radius 3 is 2.89 bits per heavy atom. The van der Waals surface area contributed by atoms with Crippen LogP contribution in [0.25, 0.3) is 0 Å². The third kappa shape index (κ3) is 2.75. The number of phenolic OH excluding ortho intramolecular Hbond substituents is 1. The van der Waals surface area contributed by atoms with Crippen molar-refractivity contribution in [3.05, 3.63) is 45.1 Å². The van der Waals surface area contributed by atoms with Crippen molar-refractivity contribution in [2.75, 3.05) is 5.73 Å². The minimum Gasteiger partial charge on any atom is -0.508 e. The van der Waals surface area contributed by atoms with Crippen molar-refractivity contribution in [2.45, 2.75) is 6.54 Å². The third-order valence-corrected chi connectivity index (χ3v) is 3.71. The smallest absolute Gasteiger partial charge is 0.263 e. The number of benzene rings is 1. The summed E-state index contributed by atoms with van der Waals surface area (Å²) >= 11 is 7.12. The van der Waals surface area contributed by atoms with Crippen molar-refractivity contribution < 1.29 is 9.90 Å². The minimum absolute atomic E-state index is 0.0989. The van der Waals surface area contributed by atoms with Gasteiger partial charge in [-0.25, -0.2) is 0 Å². The molecule has 4 N–H and O–H groups in total. The number of halogens is 1. The summed E-state index contributed by atoms with van der Waals surface area (Å²) in [7, 11) is 0. The van der Waals surface area contributed by atoms with E-state index in [1.54, 1.807) is 23.6 Å². The summed E-state index contributed by atoms with van der Waals surface area (Å²) in [6, 6.07) is 6.37. The first-order valence-electron chi connectivity index (χ1n) is 5.16. The van der Waals surface area contributed by atoms with Gasteiger partial charge in [-0.1, -0.05) is 11.6 Å². The van der Waals surface area contributed by atoms with Crippen LogP contribution in [0.4, 0.5) is 5.69 Å². The molecular weight excluding hydrogens is 272 g/mol. The predicted octanol–water partition coefficient (Wildman–Crippen LogP) is 2.62. The lowest BCUT2D eigenvalue weighted by Crippen LogP contribution is -2.22. The van der Waals surface area contributed by atoms with Crippen molar-refractivity contribution in [3.63, 3.8) is 0 Å². The van der Waals surface area contributed by atoms with Crippen LogP contribution in [0.1, 0.15) is 15.2 Å². The van der Waals surface area contributed by atoms with Gasteiger partial charge in [0.2, 0.25) is 0 Å². The molecule has 1 amide bonds. The van der Waals surface area contributed by atoms with Crippen molar-refractivity contribution in [1.82, 2.24) is 5.32 Å². The number of amides is 1. The van der Waals surface area contributed by atoms with E-state index < -0.39 is 0 Å². The van der Waals surface area contributed by atoms with Crippen LogP contribution in [0.2, 0.25) is 5.02 Å². The van der Waals surface area contributed by atoms with Gasteiger partial charge in [0.1, 0.15) is 10.6 Å². The molecule has 0 aliphatic rings. The van der Waals surface area contributed by atoms with Gasteiger partial charge in [0.25, 0.3) is 5.91 Å². The predicted molar refractivity (Wildman–Crippen MR) is 73.0 cm³/mol. The van der Waals surface area contributed by atoms with Crippen molar-refractivity contribution in [1.29, 1.82) is 0 Å². The molecule has 1 aromatic carbocycles. The van der Waals surface area contributed by atoms with E-state index in [2.05, 4.69) is 5.32 Å². The molecular formula is C12H11ClN2O2S. The second-order valence-corrected chi connectivity index (χ2v) is 4.99. The molecule has 0 saturated heterocycles. The van der Waals surface area contributed by atoms with Gasteiger partial charge < -0.3 is 16.2 Å². The Bertz CT molecular complexity index is 583. The first-order chi connectivity index (χ1) is 8.58. The van der Waals surface area contributed by atoms with Gasteiger partial charge in [0.05, 0.1) is 5.02 Å². The highest BCUT2D eigenvalue weighted by Gasteiger charge is 2.12. The Morgan fingerprint density at radius 2 is 2.22 bits per heavy atom. The fourth-order valence-corrected chi connectivity index (χ4v) is 2.52. The van der Waals surface area contributed by atoms with E-state index in [1.807, 2.05) is 0 Å². The molecule has 0 aliphatic carbocycles. The number of phenols is 1. The summed E-state index contributed by atoms with van der Waals surface area (Å²) in [5, 5.41) is 14.5. The van der Waals surface area contributed by atoms with Crippen LogP contribution in [-0.2, 0) is 6.54 Å². The second kappa shape index (κ2) is 5.29. The average Bonchev–Trinajstić information content (AvgIpc) is 2.76. The van der Waals surface area contributed by atoms with Crippen LogP contribution >= 0.6 is 22.9 Å². The van der Waals surface area contributed by atoms with Crippen molar-refractivity contribution in [3.8, 4) is 5.75 Å². The van der Waals surface area contributed by atoms with Gasteiger partial charge in [-0.3, -0.25) is 4.79 Å². The molecule has 6 heteroatoms. The minimum atomic E-state index is -0.267. The number of anilines is 1. The molecule has 0 bridgehead atoms. The maximum Gasteiger partial charge on any atom is 0.263 e. The van der Waals surface area contributed by atoms with Gasteiger partial charge in [-0.2, -0.15) is 0 Å². The molecule has 0 atom stereocenters.